The Morgan fingerprint density at radius 1 is 1.25 bits per heavy atom. The molecule has 0 atom stereocenters. The fourth-order valence-electron chi connectivity index (χ4n) is 2.70. The molecule has 0 bridgehead atoms. The zero-order valence-electron chi connectivity index (χ0n) is 13.2. The molecule has 0 unspecified atom stereocenters. The first kappa shape index (κ1) is 14.6. The van der Waals surface area contributed by atoms with E-state index in [9.17, 15) is 4.79 Å². The van der Waals surface area contributed by atoms with Gasteiger partial charge in [0.15, 0.2) is 5.76 Å². The second-order valence-electron chi connectivity index (χ2n) is 5.92. The van der Waals surface area contributed by atoms with E-state index in [1.807, 2.05) is 36.4 Å². The van der Waals surface area contributed by atoms with Crippen molar-refractivity contribution in [3.63, 3.8) is 0 Å². The van der Waals surface area contributed by atoms with Gasteiger partial charge < -0.3 is 14.3 Å². The topological polar surface area (TPSA) is 94.1 Å². The molecule has 0 radical (unpaired) electrons. The fraction of sp³-hybridized carbons (Fsp3) is 0.294. The minimum atomic E-state index is -0.606. The molecule has 122 valence electrons. The van der Waals surface area contributed by atoms with E-state index >= 15 is 0 Å². The van der Waals surface area contributed by atoms with Gasteiger partial charge in [-0.1, -0.05) is 35.5 Å². The molecule has 7 heteroatoms. The number of hydrogen-bond donors (Lipinski definition) is 1. The number of benzene rings is 1. The lowest BCUT2D eigenvalue weighted by atomic mass is 10.0. The molecule has 1 amide bonds. The Bertz CT molecular complexity index is 865. The van der Waals surface area contributed by atoms with Crippen LogP contribution in [0.15, 0.2) is 45.3 Å². The summed E-state index contributed by atoms with van der Waals surface area (Å²) in [5, 5.41) is 14.6. The zero-order valence-corrected chi connectivity index (χ0v) is 13.2. The van der Waals surface area contributed by atoms with Crippen molar-refractivity contribution >= 4 is 5.91 Å². The van der Waals surface area contributed by atoms with Gasteiger partial charge in [-0.25, -0.2) is 0 Å². The van der Waals surface area contributed by atoms with Crippen molar-refractivity contribution in [3.8, 4) is 11.3 Å². The first-order valence-corrected chi connectivity index (χ1v) is 7.77. The molecule has 3 aromatic rings. The third-order valence-corrected chi connectivity index (χ3v) is 4.21. The Kier molecular flexibility index (Phi) is 3.41. The number of hydrogen-bond acceptors (Lipinski definition) is 6. The predicted molar refractivity (Wildman–Crippen MR) is 83.7 cm³/mol. The maximum atomic E-state index is 12.6. The largest absolute Gasteiger partial charge is 0.424 e. The summed E-state index contributed by atoms with van der Waals surface area (Å²) >= 11 is 0. The lowest BCUT2D eigenvalue weighted by Crippen LogP contribution is -2.34. The van der Waals surface area contributed by atoms with E-state index in [0.29, 0.717) is 23.2 Å². The monoisotopic (exact) mass is 324 g/mol. The van der Waals surface area contributed by atoms with Crippen molar-refractivity contribution in [2.24, 2.45) is 0 Å². The zero-order chi connectivity index (χ0) is 16.6. The average Bonchev–Trinajstić information content (AvgIpc) is 3.07. The van der Waals surface area contributed by atoms with Gasteiger partial charge in [0.05, 0.1) is 17.7 Å². The van der Waals surface area contributed by atoms with Gasteiger partial charge in [0.25, 0.3) is 0 Å². The quantitative estimate of drug-likeness (QED) is 0.774. The number of carbonyl (C=O) groups is 1. The lowest BCUT2D eigenvalue weighted by molar-refractivity contribution is -0.124. The maximum Gasteiger partial charge on any atom is 0.235 e. The molecule has 7 nitrogen and oxygen atoms in total. The highest BCUT2D eigenvalue weighted by molar-refractivity contribution is 5.90. The Morgan fingerprint density at radius 3 is 2.71 bits per heavy atom. The minimum absolute atomic E-state index is 0.0914. The molecule has 2 heterocycles. The van der Waals surface area contributed by atoms with Crippen molar-refractivity contribution in [1.29, 1.82) is 0 Å². The van der Waals surface area contributed by atoms with Crippen molar-refractivity contribution in [1.82, 2.24) is 20.7 Å². The van der Waals surface area contributed by atoms with Crippen LogP contribution in [0.5, 0.6) is 0 Å². The summed E-state index contributed by atoms with van der Waals surface area (Å²) in [4.78, 5) is 12.6. The second kappa shape index (κ2) is 5.59. The molecule has 1 N–H and O–H groups in total. The van der Waals surface area contributed by atoms with Gasteiger partial charge in [-0.15, -0.1) is 10.2 Å². The van der Waals surface area contributed by atoms with Gasteiger partial charge in [-0.3, -0.25) is 4.79 Å². The fourth-order valence-corrected chi connectivity index (χ4v) is 2.70. The van der Waals surface area contributed by atoms with E-state index in [0.717, 1.165) is 18.4 Å². The molecule has 1 aliphatic carbocycles. The lowest BCUT2D eigenvalue weighted by Gasteiger charge is -2.10. The SMILES string of the molecule is Cc1nnc(CNC(=O)C2(c3cc(-c4ccccc4)on3)CC2)o1. The van der Waals surface area contributed by atoms with Crippen LogP contribution in [0.2, 0.25) is 0 Å². The Morgan fingerprint density at radius 2 is 2.04 bits per heavy atom. The highest BCUT2D eigenvalue weighted by Gasteiger charge is 2.53. The molecular weight excluding hydrogens is 308 g/mol. The number of aromatic nitrogens is 3. The van der Waals surface area contributed by atoms with Crippen molar-refractivity contribution in [3.05, 3.63) is 53.9 Å². The van der Waals surface area contributed by atoms with Crippen LogP contribution in [-0.2, 0) is 16.8 Å². The average molecular weight is 324 g/mol. The summed E-state index contributed by atoms with van der Waals surface area (Å²) in [7, 11) is 0. The highest BCUT2D eigenvalue weighted by atomic mass is 16.5. The Balaban J connectivity index is 1.49. The van der Waals surface area contributed by atoms with Crippen LogP contribution in [0.3, 0.4) is 0 Å². The molecule has 1 fully saturated rings. The number of nitrogens with one attached hydrogen (secondary N) is 1. The van der Waals surface area contributed by atoms with E-state index in [1.165, 1.54) is 0 Å². The molecule has 0 aliphatic heterocycles. The van der Waals surface area contributed by atoms with E-state index in [2.05, 4.69) is 20.7 Å². The molecule has 1 saturated carbocycles. The summed E-state index contributed by atoms with van der Waals surface area (Å²) in [6, 6.07) is 11.5. The molecule has 0 spiro atoms. The smallest absolute Gasteiger partial charge is 0.235 e. The summed E-state index contributed by atoms with van der Waals surface area (Å²) in [6.45, 7) is 1.92. The molecule has 2 aromatic heterocycles. The van der Waals surface area contributed by atoms with Gasteiger partial charge in [0.1, 0.15) is 0 Å². The number of amides is 1. The van der Waals surface area contributed by atoms with Crippen molar-refractivity contribution in [2.45, 2.75) is 31.7 Å². The number of nitrogens with zero attached hydrogens (tertiary/aromatic N) is 3. The Hall–Kier alpha value is -2.96. The van der Waals surface area contributed by atoms with Crippen LogP contribution in [0.25, 0.3) is 11.3 Å². The molecule has 4 rings (SSSR count). The van der Waals surface area contributed by atoms with E-state index in [1.54, 1.807) is 6.92 Å². The summed E-state index contributed by atoms with van der Waals surface area (Å²) in [6.07, 6.45) is 1.50. The van der Waals surface area contributed by atoms with E-state index < -0.39 is 5.41 Å². The van der Waals surface area contributed by atoms with Crippen molar-refractivity contribution < 1.29 is 13.7 Å². The summed E-state index contributed by atoms with van der Waals surface area (Å²) in [5.41, 5.74) is 1.00. The maximum absolute atomic E-state index is 12.6. The van der Waals surface area contributed by atoms with E-state index in [-0.39, 0.29) is 12.5 Å². The van der Waals surface area contributed by atoms with Crippen LogP contribution >= 0.6 is 0 Å². The molecule has 1 aliphatic rings. The normalized spacial score (nSPS) is 15.2. The van der Waals surface area contributed by atoms with Gasteiger partial charge in [-0.05, 0) is 12.8 Å². The van der Waals surface area contributed by atoms with Crippen molar-refractivity contribution in [2.75, 3.05) is 0 Å². The number of aryl methyl sites for hydroxylation is 1. The first-order chi connectivity index (χ1) is 11.7. The van der Waals surface area contributed by atoms with Crippen LogP contribution < -0.4 is 5.32 Å². The van der Waals surface area contributed by atoms with Gasteiger partial charge in [0, 0.05) is 18.6 Å². The Labute approximate surface area is 138 Å². The number of carbonyl (C=O) groups excluding carboxylic acids is 1. The highest BCUT2D eigenvalue weighted by Crippen LogP contribution is 2.48. The van der Waals surface area contributed by atoms with Gasteiger partial charge >= 0.3 is 0 Å². The van der Waals surface area contributed by atoms with Crippen LogP contribution in [0.4, 0.5) is 0 Å². The van der Waals surface area contributed by atoms with Gasteiger partial charge in [0.2, 0.25) is 17.7 Å². The summed E-state index contributed by atoms with van der Waals surface area (Å²) < 4.78 is 10.7. The number of rotatable bonds is 5. The van der Waals surface area contributed by atoms with Crippen LogP contribution in [0.1, 0.15) is 30.3 Å². The minimum Gasteiger partial charge on any atom is -0.424 e. The van der Waals surface area contributed by atoms with Gasteiger partial charge in [-0.2, -0.15) is 0 Å². The second-order valence-corrected chi connectivity index (χ2v) is 5.92. The first-order valence-electron chi connectivity index (χ1n) is 7.77. The predicted octanol–water partition coefficient (Wildman–Crippen LogP) is 2.38. The standard InChI is InChI=1S/C17H16N4O3/c1-11-19-20-15(23-11)10-18-16(22)17(7-8-17)14-9-13(24-21-14)12-5-3-2-4-6-12/h2-6,9H,7-8,10H2,1H3,(H,18,22). The molecule has 1 aromatic carbocycles. The van der Waals surface area contributed by atoms with Crippen LogP contribution in [0, 0.1) is 6.92 Å². The van der Waals surface area contributed by atoms with Crippen LogP contribution in [-0.4, -0.2) is 21.3 Å². The third-order valence-electron chi connectivity index (χ3n) is 4.21. The molecular formula is C17H16N4O3. The molecule has 24 heavy (non-hydrogen) atoms. The van der Waals surface area contributed by atoms with E-state index in [4.69, 9.17) is 8.94 Å². The third kappa shape index (κ3) is 2.58. The molecule has 0 saturated heterocycles. The summed E-state index contributed by atoms with van der Waals surface area (Å²) in [5.74, 6) is 1.44.